The quantitative estimate of drug-likeness (QED) is 0.0834. The van der Waals surface area contributed by atoms with Gasteiger partial charge in [-0.25, -0.2) is 4.68 Å². The lowest BCUT2D eigenvalue weighted by molar-refractivity contribution is -0.146. The van der Waals surface area contributed by atoms with E-state index in [1.165, 1.54) is 6.07 Å². The predicted octanol–water partition coefficient (Wildman–Crippen LogP) is 3.52. The molecule has 20 nitrogen and oxygen atoms in total. The topological polar surface area (TPSA) is 275 Å². The normalized spacial score (nSPS) is 30.1. The molecule has 6 aliphatic rings. The SMILES string of the molecule is C[C@H](CC(=O)C[C@@H](C)[C@H]1C[C@H](O)[C@@]2(C)C3=C(C(=O)C[C@]12C)[C@@]1(C)CCC(=O)C(C)(C)[C@@H]1C[C@@H]3O)C(=O)NCc1cn(CCOCCOCCOCCNc2cccc3c2C(=O)N(C2CCC(=O)NC2=O)C3=O)nn1. The van der Waals surface area contributed by atoms with Crippen LogP contribution in [-0.4, -0.2) is 141 Å². The van der Waals surface area contributed by atoms with Crippen LogP contribution < -0.4 is 16.0 Å². The number of nitrogens with zero attached hydrogens (tertiary/aromatic N) is 4. The highest BCUT2D eigenvalue weighted by atomic mass is 16.5. The average molecular weight is 1030 g/mol. The molecule has 1 saturated heterocycles. The van der Waals surface area contributed by atoms with Crippen LogP contribution in [0, 0.1) is 45.3 Å². The van der Waals surface area contributed by atoms with Gasteiger partial charge in [0.1, 0.15) is 23.3 Å². The van der Waals surface area contributed by atoms with Crippen molar-refractivity contribution in [2.75, 3.05) is 51.5 Å². The third kappa shape index (κ3) is 10.0. The molecule has 3 heterocycles. The number of carbonyl (C=O) groups is 8. The van der Waals surface area contributed by atoms with E-state index < -0.39 is 69.5 Å². The molecule has 8 rings (SSSR count). The Bertz CT molecular complexity index is 2610. The molecule has 5 amide bonds. The molecule has 402 valence electrons. The van der Waals surface area contributed by atoms with E-state index in [0.29, 0.717) is 101 Å². The zero-order chi connectivity index (χ0) is 53.5. The summed E-state index contributed by atoms with van der Waals surface area (Å²) < 4.78 is 18.5. The first-order valence-corrected chi connectivity index (χ1v) is 26.2. The number of aromatic nitrogens is 3. The van der Waals surface area contributed by atoms with Crippen molar-refractivity contribution in [1.82, 2.24) is 30.5 Å². The number of imide groups is 2. The molecule has 0 radical (unpaired) electrons. The van der Waals surface area contributed by atoms with Gasteiger partial charge in [0.05, 0.1) is 82.3 Å². The van der Waals surface area contributed by atoms with Crippen LogP contribution in [0.3, 0.4) is 0 Å². The average Bonchev–Trinajstić information content (AvgIpc) is 3.98. The molecule has 10 atom stereocenters. The maximum Gasteiger partial charge on any atom is 0.264 e. The van der Waals surface area contributed by atoms with Gasteiger partial charge >= 0.3 is 0 Å². The van der Waals surface area contributed by atoms with Crippen LogP contribution >= 0.6 is 0 Å². The molecule has 2 saturated carbocycles. The Balaban J connectivity index is 0.698. The van der Waals surface area contributed by atoms with Gasteiger partial charge in [-0.3, -0.25) is 48.6 Å². The Morgan fingerprint density at radius 2 is 1.59 bits per heavy atom. The number of benzene rings is 1. The Morgan fingerprint density at radius 1 is 0.892 bits per heavy atom. The van der Waals surface area contributed by atoms with Crippen LogP contribution in [0.1, 0.15) is 133 Å². The summed E-state index contributed by atoms with van der Waals surface area (Å²) in [5.41, 5.74) is -0.264. The van der Waals surface area contributed by atoms with E-state index in [2.05, 4.69) is 33.2 Å². The van der Waals surface area contributed by atoms with Crippen LogP contribution in [0.25, 0.3) is 0 Å². The summed E-state index contributed by atoms with van der Waals surface area (Å²) in [6, 6.07) is 3.83. The summed E-state index contributed by atoms with van der Waals surface area (Å²) in [5, 5.41) is 40.3. The minimum Gasteiger partial charge on any atom is -0.392 e. The Hall–Kier alpha value is -5.54. The van der Waals surface area contributed by atoms with E-state index >= 15 is 0 Å². The number of nitrogens with one attached hydrogen (secondary N) is 3. The third-order valence-corrected chi connectivity index (χ3v) is 17.9. The molecule has 2 aromatic rings. The third-order valence-electron chi connectivity index (χ3n) is 17.9. The van der Waals surface area contributed by atoms with Crippen LogP contribution in [-0.2, 0) is 56.1 Å². The van der Waals surface area contributed by atoms with Crippen LogP contribution in [0.15, 0.2) is 35.5 Å². The van der Waals surface area contributed by atoms with Crippen molar-refractivity contribution in [3.63, 3.8) is 0 Å². The zero-order valence-electron chi connectivity index (χ0n) is 43.8. The first-order chi connectivity index (χ1) is 35.0. The fourth-order valence-electron chi connectivity index (χ4n) is 13.7. The van der Waals surface area contributed by atoms with Crippen molar-refractivity contribution in [1.29, 1.82) is 0 Å². The van der Waals surface area contributed by atoms with Crippen molar-refractivity contribution in [2.24, 2.45) is 45.3 Å². The largest absolute Gasteiger partial charge is 0.392 e. The molecule has 3 fully saturated rings. The second kappa shape index (κ2) is 21.6. The number of fused-ring (bicyclic) bond motifs is 5. The summed E-state index contributed by atoms with van der Waals surface area (Å²) in [4.78, 5) is 105. The second-order valence-electron chi connectivity index (χ2n) is 22.7. The smallest absolute Gasteiger partial charge is 0.264 e. The minimum absolute atomic E-state index is 0.0284. The second-order valence-corrected chi connectivity index (χ2v) is 22.7. The van der Waals surface area contributed by atoms with E-state index in [1.54, 1.807) is 29.9 Å². The van der Waals surface area contributed by atoms with Crippen LogP contribution in [0.4, 0.5) is 5.69 Å². The number of aliphatic hydroxyl groups excluding tert-OH is 2. The van der Waals surface area contributed by atoms with Crippen molar-refractivity contribution < 1.29 is 62.8 Å². The number of piperidine rings is 1. The summed E-state index contributed by atoms with van der Waals surface area (Å²) in [6.45, 7) is 16.5. The first kappa shape index (κ1) is 54.7. The van der Waals surface area contributed by atoms with Gasteiger partial charge in [0.2, 0.25) is 17.7 Å². The zero-order valence-corrected chi connectivity index (χ0v) is 43.8. The Morgan fingerprint density at radius 3 is 2.31 bits per heavy atom. The number of allylic oxidation sites excluding steroid dienone is 1. The van der Waals surface area contributed by atoms with Gasteiger partial charge in [0, 0.05) is 72.1 Å². The number of hydrogen-bond donors (Lipinski definition) is 5. The van der Waals surface area contributed by atoms with Crippen molar-refractivity contribution in [3.8, 4) is 0 Å². The van der Waals surface area contributed by atoms with Crippen molar-refractivity contribution >= 4 is 52.6 Å². The standard InChI is InChI=1S/C54H73N7O13/c1-30(35-25-42(66)54(7)46-38(63)26-40-51(3,4)41(65)13-14-52(40,5)45(46)39(64)27-53(35,54)6)23-33(62)24-31(2)47(68)56-28-32-29-60(59-58-32)16-18-73-20-22-74-21-19-72-17-15-55-36-10-8-9-34-44(36)50(71)61(49(34)70)37-11-12-43(67)57-48(37)69/h8-10,29-31,35,37-38,40,42,55,63,66H,11-28H2,1-7H3,(H,56,68)(H,57,67,69)/t30-,31-,35-,37?,38+,40+,42+,52+,53-,54+/m1/s1. The molecule has 0 bridgehead atoms. The maximum absolute atomic E-state index is 14.4. The van der Waals surface area contributed by atoms with Crippen molar-refractivity contribution in [3.05, 3.63) is 52.4 Å². The summed E-state index contributed by atoms with van der Waals surface area (Å²) >= 11 is 0. The summed E-state index contributed by atoms with van der Waals surface area (Å²) in [5.74, 6) is -3.70. The van der Waals surface area contributed by atoms with E-state index in [9.17, 15) is 48.6 Å². The van der Waals surface area contributed by atoms with Crippen LogP contribution in [0.2, 0.25) is 0 Å². The molecular weight excluding hydrogens is 955 g/mol. The molecule has 1 unspecified atom stereocenters. The van der Waals surface area contributed by atoms with Gasteiger partial charge < -0.3 is 35.1 Å². The number of hydrogen-bond acceptors (Lipinski definition) is 16. The highest BCUT2D eigenvalue weighted by Crippen LogP contribution is 2.71. The van der Waals surface area contributed by atoms with Gasteiger partial charge in [-0.15, -0.1) is 5.10 Å². The Labute approximate surface area is 431 Å². The number of carbonyl (C=O) groups excluding carboxylic acids is 8. The van der Waals surface area contributed by atoms with Gasteiger partial charge in [0.25, 0.3) is 11.8 Å². The number of anilines is 1. The number of Topliss-reactive ketones (excluding diaryl/α,β-unsaturated/α-hetero) is 3. The molecular formula is C54H73N7O13. The molecule has 1 aromatic carbocycles. The van der Waals surface area contributed by atoms with Gasteiger partial charge in [-0.2, -0.15) is 0 Å². The molecule has 5 N–H and O–H groups in total. The number of amides is 5. The lowest BCUT2D eigenvalue weighted by Gasteiger charge is -2.61. The van der Waals surface area contributed by atoms with Crippen LogP contribution in [0.5, 0.6) is 0 Å². The van der Waals surface area contributed by atoms with E-state index in [1.807, 2.05) is 34.6 Å². The predicted molar refractivity (Wildman–Crippen MR) is 266 cm³/mol. The molecule has 20 heteroatoms. The van der Waals surface area contributed by atoms with E-state index in [0.717, 1.165) is 4.90 Å². The van der Waals surface area contributed by atoms with E-state index in [4.69, 9.17) is 14.2 Å². The lowest BCUT2D eigenvalue weighted by atomic mass is 9.42. The monoisotopic (exact) mass is 1030 g/mol. The number of aliphatic hydroxyl groups is 2. The first-order valence-electron chi connectivity index (χ1n) is 26.2. The highest BCUT2D eigenvalue weighted by Gasteiger charge is 2.70. The Kier molecular flexibility index (Phi) is 16.0. The molecule has 4 aliphatic carbocycles. The molecule has 0 spiro atoms. The van der Waals surface area contributed by atoms with Gasteiger partial charge in [-0.1, -0.05) is 59.7 Å². The molecule has 2 aliphatic heterocycles. The number of ether oxygens (including phenoxy) is 3. The maximum atomic E-state index is 14.4. The van der Waals surface area contributed by atoms with Crippen molar-refractivity contribution in [2.45, 2.75) is 138 Å². The fraction of sp³-hybridized carbons (Fsp3) is 0.667. The summed E-state index contributed by atoms with van der Waals surface area (Å²) in [7, 11) is 0. The van der Waals surface area contributed by atoms with Gasteiger partial charge in [-0.05, 0) is 66.6 Å². The molecule has 1 aromatic heterocycles. The fourth-order valence-corrected chi connectivity index (χ4v) is 13.7. The lowest BCUT2D eigenvalue weighted by Crippen LogP contribution is -2.60. The minimum atomic E-state index is -1.04. The molecule has 74 heavy (non-hydrogen) atoms. The summed E-state index contributed by atoms with van der Waals surface area (Å²) in [6.07, 6.45) is 2.08. The number of rotatable bonds is 22. The van der Waals surface area contributed by atoms with Gasteiger partial charge in [0.15, 0.2) is 5.78 Å². The van der Waals surface area contributed by atoms with E-state index in [-0.39, 0.29) is 90.8 Å². The number of ketones is 3. The highest BCUT2D eigenvalue weighted by molar-refractivity contribution is 6.25.